The Hall–Kier alpha value is -3.65. The van der Waals surface area contributed by atoms with Gasteiger partial charge in [0, 0.05) is 44.6 Å². The zero-order valence-electron chi connectivity index (χ0n) is 21.6. The van der Waals surface area contributed by atoms with Crippen molar-refractivity contribution in [1.82, 2.24) is 19.3 Å². The molecule has 0 radical (unpaired) electrons. The number of carbonyl (C=O) groups excluding carboxylic acids is 1. The van der Waals surface area contributed by atoms with Gasteiger partial charge in [0.25, 0.3) is 5.91 Å². The maximum atomic E-state index is 13.2. The van der Waals surface area contributed by atoms with E-state index >= 15 is 0 Å². The molecule has 0 atom stereocenters. The molecule has 0 spiro atoms. The molecule has 1 aromatic carbocycles. The highest BCUT2D eigenvalue weighted by Gasteiger charge is 2.30. The first-order valence-corrected chi connectivity index (χ1v) is 15.7. The highest BCUT2D eigenvalue weighted by Crippen LogP contribution is 2.30. The molecule has 0 aliphatic carbocycles. The van der Waals surface area contributed by atoms with E-state index in [1.165, 1.54) is 35.6 Å². The number of nitrogens with one attached hydrogen (secondary N) is 1. The van der Waals surface area contributed by atoms with Gasteiger partial charge in [-0.3, -0.25) is 9.10 Å². The van der Waals surface area contributed by atoms with E-state index in [0.29, 0.717) is 35.4 Å². The van der Waals surface area contributed by atoms with Crippen molar-refractivity contribution in [2.75, 3.05) is 54.0 Å². The first-order chi connectivity index (χ1) is 18.3. The Kier molecular flexibility index (Phi) is 7.89. The van der Waals surface area contributed by atoms with E-state index in [0.717, 1.165) is 21.9 Å². The number of amides is 1. The van der Waals surface area contributed by atoms with Crippen molar-refractivity contribution in [3.8, 4) is 6.07 Å². The van der Waals surface area contributed by atoms with Crippen molar-refractivity contribution >= 4 is 53.9 Å². The summed E-state index contributed by atoms with van der Waals surface area (Å²) in [6.45, 7) is 4.57. The van der Waals surface area contributed by atoms with Crippen LogP contribution in [0.3, 0.4) is 0 Å². The minimum Gasteiger partial charge on any atom is -0.338 e. The molecule has 4 rings (SSSR count). The number of nitriles is 1. The van der Waals surface area contributed by atoms with E-state index in [-0.39, 0.29) is 34.4 Å². The zero-order valence-corrected chi connectivity index (χ0v) is 24.1. The molecule has 1 saturated heterocycles. The van der Waals surface area contributed by atoms with Gasteiger partial charge in [-0.2, -0.15) is 9.57 Å². The number of rotatable bonds is 7. The molecule has 3 aromatic rings. The average molecular weight is 591 g/mol. The maximum absolute atomic E-state index is 13.2. The van der Waals surface area contributed by atoms with Crippen molar-refractivity contribution in [1.29, 1.82) is 5.26 Å². The summed E-state index contributed by atoms with van der Waals surface area (Å²) in [5.74, 6) is -0.223. The van der Waals surface area contributed by atoms with E-state index in [1.54, 1.807) is 19.9 Å². The molecule has 1 aliphatic rings. The summed E-state index contributed by atoms with van der Waals surface area (Å²) < 4.78 is 52.7. The standard InChI is InChI=1S/C23H26N8O5S3/c1-15-13-18(14-24)28-23(25-15)30-9-11-31(12-10-30)39(35,36)19-7-5-17(6-8-19)27-21(32)20-22(37-16(2)26-20)29(3)38(4,33)34/h5-8,13H,9-12H2,1-4H3,(H,27,32). The molecule has 2 aromatic heterocycles. The number of hydrogen-bond donors (Lipinski definition) is 1. The Morgan fingerprint density at radius 1 is 1.05 bits per heavy atom. The molecule has 0 unspecified atom stereocenters. The van der Waals surface area contributed by atoms with Crippen LogP contribution in [0.5, 0.6) is 0 Å². The average Bonchev–Trinajstić information content (AvgIpc) is 3.29. The topological polar surface area (TPSA) is 170 Å². The molecule has 3 heterocycles. The van der Waals surface area contributed by atoms with E-state index in [1.807, 2.05) is 11.0 Å². The third-order valence-corrected chi connectivity index (χ3v) is 10.2. The zero-order chi connectivity index (χ0) is 28.5. The summed E-state index contributed by atoms with van der Waals surface area (Å²) >= 11 is 1.08. The third kappa shape index (κ3) is 6.17. The Balaban J connectivity index is 1.44. The fourth-order valence-corrected chi connectivity index (χ4v) is 6.97. The Bertz CT molecular complexity index is 1660. The summed E-state index contributed by atoms with van der Waals surface area (Å²) in [6.07, 6.45) is 1.03. The Morgan fingerprint density at radius 3 is 2.28 bits per heavy atom. The second kappa shape index (κ2) is 10.8. The number of anilines is 3. The van der Waals surface area contributed by atoms with E-state index in [2.05, 4.69) is 20.3 Å². The van der Waals surface area contributed by atoms with Crippen LogP contribution in [-0.4, -0.2) is 81.5 Å². The summed E-state index contributed by atoms with van der Waals surface area (Å²) in [7, 11) is -6.06. The lowest BCUT2D eigenvalue weighted by molar-refractivity contribution is 0.102. The number of hydrogen-bond acceptors (Lipinski definition) is 11. The maximum Gasteiger partial charge on any atom is 0.277 e. The van der Waals surface area contributed by atoms with Crippen LogP contribution < -0.4 is 14.5 Å². The van der Waals surface area contributed by atoms with Gasteiger partial charge in [-0.15, -0.1) is 11.3 Å². The monoisotopic (exact) mass is 590 g/mol. The molecular formula is C23H26N8O5S3. The second-order valence-electron chi connectivity index (χ2n) is 8.79. The number of piperazine rings is 1. The molecule has 16 heteroatoms. The lowest BCUT2D eigenvalue weighted by Gasteiger charge is -2.34. The Labute approximate surface area is 230 Å². The van der Waals surface area contributed by atoms with Crippen LogP contribution in [0, 0.1) is 25.2 Å². The van der Waals surface area contributed by atoms with Crippen molar-refractivity contribution in [2.45, 2.75) is 18.7 Å². The predicted molar refractivity (Wildman–Crippen MR) is 147 cm³/mol. The minimum atomic E-state index is -3.80. The van der Waals surface area contributed by atoms with Gasteiger partial charge in [0.15, 0.2) is 5.69 Å². The molecule has 206 valence electrons. The fourth-order valence-electron chi connectivity index (χ4n) is 3.86. The minimum absolute atomic E-state index is 0.0422. The molecule has 1 amide bonds. The van der Waals surface area contributed by atoms with Gasteiger partial charge in [-0.05, 0) is 44.2 Å². The second-order valence-corrected chi connectivity index (χ2v) is 13.9. The van der Waals surface area contributed by atoms with Crippen molar-refractivity contribution < 1.29 is 21.6 Å². The predicted octanol–water partition coefficient (Wildman–Crippen LogP) is 1.58. The van der Waals surface area contributed by atoms with E-state index in [9.17, 15) is 21.6 Å². The lowest BCUT2D eigenvalue weighted by Crippen LogP contribution is -2.49. The number of aromatic nitrogens is 3. The largest absolute Gasteiger partial charge is 0.338 e. The van der Waals surface area contributed by atoms with Gasteiger partial charge in [0.2, 0.25) is 26.0 Å². The number of thiazole rings is 1. The first kappa shape index (κ1) is 28.4. The quantitative estimate of drug-likeness (QED) is 0.426. The molecule has 0 saturated carbocycles. The molecule has 39 heavy (non-hydrogen) atoms. The summed E-state index contributed by atoms with van der Waals surface area (Å²) in [5.41, 5.74) is 1.19. The molecule has 1 fully saturated rings. The number of carbonyl (C=O) groups is 1. The van der Waals surface area contributed by atoms with Crippen LogP contribution in [0.15, 0.2) is 35.2 Å². The van der Waals surface area contributed by atoms with Crippen molar-refractivity contribution in [2.24, 2.45) is 0 Å². The lowest BCUT2D eigenvalue weighted by atomic mass is 10.3. The smallest absolute Gasteiger partial charge is 0.277 e. The first-order valence-electron chi connectivity index (χ1n) is 11.6. The van der Waals surface area contributed by atoms with Crippen molar-refractivity contribution in [3.05, 3.63) is 52.4 Å². The number of aryl methyl sites for hydroxylation is 2. The highest BCUT2D eigenvalue weighted by molar-refractivity contribution is 7.92. The van der Waals surface area contributed by atoms with Crippen molar-refractivity contribution in [3.63, 3.8) is 0 Å². The molecule has 0 bridgehead atoms. The van der Waals surface area contributed by atoms with E-state index in [4.69, 9.17) is 5.26 Å². The van der Waals surface area contributed by atoms with Crippen LogP contribution in [0.25, 0.3) is 0 Å². The van der Waals surface area contributed by atoms with Crippen LogP contribution in [-0.2, 0) is 20.0 Å². The van der Waals surface area contributed by atoms with Gasteiger partial charge < -0.3 is 10.2 Å². The van der Waals surface area contributed by atoms with E-state index < -0.39 is 26.0 Å². The highest BCUT2D eigenvalue weighted by atomic mass is 32.2. The SMILES string of the molecule is Cc1cc(C#N)nc(N2CCN(S(=O)(=O)c3ccc(NC(=O)c4nc(C)sc4N(C)S(C)(=O)=O)cc3)CC2)n1. The number of benzene rings is 1. The number of sulfonamides is 2. The summed E-state index contributed by atoms with van der Waals surface area (Å²) in [6, 6.07) is 9.31. The van der Waals surface area contributed by atoms with Crippen LogP contribution in [0.2, 0.25) is 0 Å². The fraction of sp³-hybridized carbons (Fsp3) is 0.348. The van der Waals surface area contributed by atoms with Gasteiger partial charge in [-0.1, -0.05) is 0 Å². The Morgan fingerprint density at radius 2 is 1.69 bits per heavy atom. The summed E-state index contributed by atoms with van der Waals surface area (Å²) in [5, 5.41) is 12.5. The van der Waals surface area contributed by atoms with Gasteiger partial charge >= 0.3 is 0 Å². The molecule has 1 aliphatic heterocycles. The van der Waals surface area contributed by atoms with Gasteiger partial charge in [0.05, 0.1) is 16.2 Å². The summed E-state index contributed by atoms with van der Waals surface area (Å²) in [4.78, 5) is 27.5. The molecular weight excluding hydrogens is 565 g/mol. The third-order valence-electron chi connectivity index (χ3n) is 5.94. The van der Waals surface area contributed by atoms with Crippen LogP contribution in [0.1, 0.15) is 26.9 Å². The van der Waals surface area contributed by atoms with Gasteiger partial charge in [-0.25, -0.2) is 31.8 Å². The molecule has 1 N–H and O–H groups in total. The molecule has 13 nitrogen and oxygen atoms in total. The van der Waals surface area contributed by atoms with Gasteiger partial charge in [0.1, 0.15) is 16.8 Å². The number of nitrogens with zero attached hydrogens (tertiary/aromatic N) is 7. The normalized spacial score (nSPS) is 14.6. The van der Waals surface area contributed by atoms with Crippen LogP contribution in [0.4, 0.5) is 16.6 Å². The van der Waals surface area contributed by atoms with Crippen LogP contribution >= 0.6 is 11.3 Å².